The number of hydrogen-bond donors (Lipinski definition) is 2. The van der Waals surface area contributed by atoms with Gasteiger partial charge in [0.15, 0.2) is 0 Å². The molecule has 0 amide bonds. The molecule has 110 valence electrons. The fourth-order valence-corrected chi connectivity index (χ4v) is 3.31. The zero-order chi connectivity index (χ0) is 16.0. The highest BCUT2D eigenvalue weighted by Gasteiger charge is 2.24. The number of nitrogens with zero attached hydrogens (tertiary/aromatic N) is 4. The van der Waals surface area contributed by atoms with Gasteiger partial charge < -0.3 is 5.73 Å². The summed E-state index contributed by atoms with van der Waals surface area (Å²) in [5, 5.41) is 11.6. The predicted octanol–water partition coefficient (Wildman–Crippen LogP) is 1.24. The third-order valence-electron chi connectivity index (χ3n) is 3.55. The molecule has 0 aliphatic carbocycles. The monoisotopic (exact) mass is 321 g/mol. The molecule has 4 heterocycles. The van der Waals surface area contributed by atoms with Crippen LogP contribution in [0.3, 0.4) is 0 Å². The fraction of sp³-hybridized carbons (Fsp3) is 0. The van der Waals surface area contributed by atoms with Gasteiger partial charge in [-0.1, -0.05) is 22.4 Å². The Kier molecular flexibility index (Phi) is 2.82. The quantitative estimate of drug-likeness (QED) is 0.512. The van der Waals surface area contributed by atoms with E-state index >= 15 is 0 Å². The van der Waals surface area contributed by atoms with Crippen LogP contribution in [0.4, 0.5) is 5.82 Å². The molecule has 3 N–H and O–H groups in total. The molecule has 4 aromatic heterocycles. The third-order valence-corrected chi connectivity index (χ3v) is 4.33. The van der Waals surface area contributed by atoms with Gasteiger partial charge in [-0.25, -0.2) is 4.98 Å². The van der Waals surface area contributed by atoms with Crippen LogP contribution in [0.1, 0.15) is 5.56 Å². The Balaban J connectivity index is 2.32. The van der Waals surface area contributed by atoms with E-state index in [0.29, 0.717) is 27.1 Å². The molecule has 8 heteroatoms. The van der Waals surface area contributed by atoms with Crippen LogP contribution in [-0.4, -0.2) is 15.0 Å². The van der Waals surface area contributed by atoms with E-state index < -0.39 is 0 Å². The summed E-state index contributed by atoms with van der Waals surface area (Å²) in [6.07, 6.45) is 5.01. The number of nitrogens with one attached hydrogen (secondary N) is 1. The average Bonchev–Trinajstić information content (AvgIpc) is 3.03. The molecule has 0 saturated heterocycles. The summed E-state index contributed by atoms with van der Waals surface area (Å²) >= 11 is 1.38. The minimum Gasteiger partial charge on any atom is -0.369 e. The average molecular weight is 321 g/mol. The predicted molar refractivity (Wildman–Crippen MR) is 85.8 cm³/mol. The molecule has 7 nitrogen and oxygen atoms in total. The first-order valence-electron chi connectivity index (χ1n) is 6.65. The number of nitrogen functional groups attached to an aromatic ring is 1. The number of fused-ring (bicyclic) bond motifs is 3. The van der Waals surface area contributed by atoms with Gasteiger partial charge in [0.05, 0.1) is 6.20 Å². The number of nitriles is 1. The zero-order valence-corrected chi connectivity index (χ0v) is 12.5. The molecule has 0 aromatic carbocycles. The lowest BCUT2D eigenvalue weighted by molar-refractivity contribution is -0.482. The molecular weight excluding hydrogens is 312 g/mol. The molecule has 0 fully saturated rings. The van der Waals surface area contributed by atoms with Crippen molar-refractivity contribution in [2.45, 2.75) is 0 Å². The third kappa shape index (κ3) is 1.88. The van der Waals surface area contributed by atoms with Crippen molar-refractivity contribution in [3.8, 4) is 17.2 Å². The highest BCUT2D eigenvalue weighted by Crippen LogP contribution is 2.30. The molecule has 23 heavy (non-hydrogen) atoms. The number of nitrogens with two attached hydrogens (primary N) is 1. The second kappa shape index (κ2) is 4.86. The first kappa shape index (κ1) is 13.4. The van der Waals surface area contributed by atoms with E-state index in [1.165, 1.54) is 11.3 Å². The number of hydrogen-bond acceptors (Lipinski definition) is 6. The van der Waals surface area contributed by atoms with Crippen LogP contribution in [0.2, 0.25) is 0 Å². The van der Waals surface area contributed by atoms with E-state index in [1.807, 2.05) is 11.4 Å². The summed E-state index contributed by atoms with van der Waals surface area (Å²) < 4.78 is 1.75. The van der Waals surface area contributed by atoms with Gasteiger partial charge in [-0.05, 0) is 6.07 Å². The van der Waals surface area contributed by atoms with E-state index in [2.05, 4.69) is 15.0 Å². The maximum atomic E-state index is 12.6. The van der Waals surface area contributed by atoms with Crippen LogP contribution in [0.15, 0.2) is 40.9 Å². The largest absolute Gasteiger partial charge is 0.369 e. The van der Waals surface area contributed by atoms with E-state index in [1.54, 1.807) is 35.1 Å². The van der Waals surface area contributed by atoms with Gasteiger partial charge in [0.2, 0.25) is 5.82 Å². The van der Waals surface area contributed by atoms with E-state index in [4.69, 9.17) is 5.73 Å². The highest BCUT2D eigenvalue weighted by molar-refractivity contribution is 7.14. The Morgan fingerprint density at radius 3 is 3.04 bits per heavy atom. The van der Waals surface area contributed by atoms with Crippen molar-refractivity contribution in [2.75, 3.05) is 5.73 Å². The first-order chi connectivity index (χ1) is 11.2. The maximum Gasteiger partial charge on any atom is 0.319 e. The number of aromatic nitrogens is 4. The topological polar surface area (TPSA) is 113 Å². The highest BCUT2D eigenvalue weighted by atomic mass is 32.1. The molecule has 4 rings (SSSR count). The molecule has 0 bridgehead atoms. The van der Waals surface area contributed by atoms with Gasteiger partial charge in [-0.3, -0.25) is 9.78 Å². The Morgan fingerprint density at radius 2 is 2.30 bits per heavy atom. The number of pyridine rings is 2. The van der Waals surface area contributed by atoms with Gasteiger partial charge in [0.25, 0.3) is 10.6 Å². The number of anilines is 1. The molecular formula is C15H9N6OS+. The Morgan fingerprint density at radius 1 is 1.43 bits per heavy atom. The summed E-state index contributed by atoms with van der Waals surface area (Å²) in [4.78, 5) is 24.4. The lowest BCUT2D eigenvalue weighted by Crippen LogP contribution is -2.28. The lowest BCUT2D eigenvalue weighted by Gasteiger charge is -2.06. The number of H-pyrrole nitrogens is 1. The molecule has 0 aliphatic heterocycles. The molecule has 0 radical (unpaired) electrons. The summed E-state index contributed by atoms with van der Waals surface area (Å²) in [5.74, 6) is 0.0875. The van der Waals surface area contributed by atoms with E-state index in [-0.39, 0.29) is 16.9 Å². The van der Waals surface area contributed by atoms with Crippen molar-refractivity contribution in [1.29, 1.82) is 5.26 Å². The number of aromatic amines is 1. The van der Waals surface area contributed by atoms with Gasteiger partial charge in [-0.2, -0.15) is 9.66 Å². The number of rotatable bonds is 1. The van der Waals surface area contributed by atoms with Crippen molar-refractivity contribution >= 4 is 33.1 Å². The lowest BCUT2D eigenvalue weighted by atomic mass is 9.99. The van der Waals surface area contributed by atoms with Gasteiger partial charge in [0, 0.05) is 28.9 Å². The van der Waals surface area contributed by atoms with Crippen LogP contribution < -0.4 is 15.7 Å². The van der Waals surface area contributed by atoms with Crippen molar-refractivity contribution in [2.24, 2.45) is 0 Å². The van der Waals surface area contributed by atoms with Gasteiger partial charge >= 0.3 is 5.56 Å². The van der Waals surface area contributed by atoms with Crippen LogP contribution in [0, 0.1) is 11.3 Å². The van der Waals surface area contributed by atoms with Crippen LogP contribution in [0.25, 0.3) is 27.1 Å². The molecule has 0 saturated carbocycles. The Hall–Kier alpha value is -3.31. The van der Waals surface area contributed by atoms with E-state index in [0.717, 1.165) is 0 Å². The van der Waals surface area contributed by atoms with Gasteiger partial charge in [0.1, 0.15) is 17.0 Å². The summed E-state index contributed by atoms with van der Waals surface area (Å²) in [7, 11) is 0. The van der Waals surface area contributed by atoms with Crippen molar-refractivity contribution in [3.63, 3.8) is 0 Å². The Labute approximate surface area is 133 Å². The standard InChI is InChI=1S/C15H8N6OS/c16-6-9-10(8-2-1-3-18-7-8)11-13(19-12(9)17)21-4-5-23-15(21)20-14(11)22/h1-5,7H,(H2,17,19,22)/p+1. The molecule has 0 atom stereocenters. The van der Waals surface area contributed by atoms with Crippen LogP contribution in [-0.2, 0) is 0 Å². The summed E-state index contributed by atoms with van der Waals surface area (Å²) in [6, 6.07) is 5.57. The van der Waals surface area contributed by atoms with Crippen LogP contribution >= 0.6 is 11.3 Å². The normalized spacial score (nSPS) is 10.9. The smallest absolute Gasteiger partial charge is 0.319 e. The maximum absolute atomic E-state index is 12.6. The Bertz CT molecular complexity index is 1160. The van der Waals surface area contributed by atoms with Crippen molar-refractivity contribution in [3.05, 3.63) is 52.0 Å². The van der Waals surface area contributed by atoms with Crippen LogP contribution in [0.5, 0.6) is 0 Å². The second-order valence-corrected chi connectivity index (χ2v) is 5.73. The van der Waals surface area contributed by atoms with E-state index in [9.17, 15) is 10.1 Å². The summed E-state index contributed by atoms with van der Waals surface area (Å²) in [6.45, 7) is 0. The molecule has 0 aliphatic rings. The fourth-order valence-electron chi connectivity index (χ4n) is 2.59. The second-order valence-electron chi connectivity index (χ2n) is 4.83. The van der Waals surface area contributed by atoms with Crippen molar-refractivity contribution in [1.82, 2.24) is 15.0 Å². The van der Waals surface area contributed by atoms with Gasteiger partial charge in [-0.15, -0.1) is 0 Å². The molecule has 4 aromatic rings. The SMILES string of the molecule is N#Cc1c(N)nc2c(c1-c1cccnc1)c(=O)[nH]c1scc[n+]12. The molecule has 0 unspecified atom stereocenters. The minimum atomic E-state index is -0.315. The first-order valence-corrected chi connectivity index (χ1v) is 7.53. The summed E-state index contributed by atoms with van der Waals surface area (Å²) in [5.41, 5.74) is 7.34. The minimum absolute atomic E-state index is 0.0875. The molecule has 0 spiro atoms. The van der Waals surface area contributed by atoms with Crippen molar-refractivity contribution < 1.29 is 4.40 Å². The zero-order valence-electron chi connectivity index (χ0n) is 11.6. The number of thiazole rings is 1.